The van der Waals surface area contributed by atoms with Crippen LogP contribution in [0.5, 0.6) is 0 Å². The van der Waals surface area contributed by atoms with E-state index in [0.717, 1.165) is 17.8 Å². The molecule has 83 valence electrons. The van der Waals surface area contributed by atoms with Crippen LogP contribution in [0.4, 0.5) is 0 Å². The topological polar surface area (TPSA) is 0 Å². The van der Waals surface area contributed by atoms with Crippen LogP contribution in [0, 0.1) is 17.8 Å². The monoisotopic (exact) mass is 219 g/mol. The molecule has 1 saturated carbocycles. The number of hydrogen-bond donors (Lipinski definition) is 0. The maximum Gasteiger partial charge on any atom is 0.0317 e. The van der Waals surface area contributed by atoms with E-state index in [-0.39, 0.29) is 0 Å². The largest absolute Gasteiger partial charge is 0.0851 e. The molecular weight excluding hydrogens is 196 g/mol. The van der Waals surface area contributed by atoms with Gasteiger partial charge in [-0.2, -0.15) is 0 Å². The highest BCUT2D eigenvalue weighted by atomic mass is 28.1. The molecule has 2 bridgehead atoms. The van der Waals surface area contributed by atoms with Gasteiger partial charge in [-0.25, -0.2) is 0 Å². The van der Waals surface area contributed by atoms with Gasteiger partial charge in [0.1, 0.15) is 0 Å². The summed E-state index contributed by atoms with van der Waals surface area (Å²) in [5, 5.41) is 0.438. The van der Waals surface area contributed by atoms with Crippen molar-refractivity contribution in [1.82, 2.24) is 0 Å². The second-order valence-electron chi connectivity index (χ2n) is 5.54. The lowest BCUT2D eigenvalue weighted by molar-refractivity contribution is 0.272. The van der Waals surface area contributed by atoms with Gasteiger partial charge in [0.05, 0.1) is 0 Å². The van der Waals surface area contributed by atoms with Crippen molar-refractivity contribution in [3.05, 3.63) is 12.2 Å². The minimum absolute atomic E-state index is 0.438. The smallest absolute Gasteiger partial charge is 0.0317 e. The predicted molar refractivity (Wildman–Crippen MR) is 67.1 cm³/mol. The molecule has 0 aliphatic heterocycles. The molecule has 2 aliphatic rings. The fourth-order valence-electron chi connectivity index (χ4n) is 3.80. The average molecular weight is 219 g/mol. The van der Waals surface area contributed by atoms with Crippen molar-refractivity contribution in [2.75, 3.05) is 0 Å². The van der Waals surface area contributed by atoms with Gasteiger partial charge in [-0.3, -0.25) is 0 Å². The molecule has 0 aromatic carbocycles. The molecule has 2 aliphatic carbocycles. The predicted octanol–water partition coefficient (Wildman–Crippen LogP) is 4.13. The molecule has 0 aromatic rings. The highest BCUT2D eigenvalue weighted by Crippen LogP contribution is 2.56. The van der Waals surface area contributed by atoms with E-state index in [0.29, 0.717) is 5.04 Å². The van der Waals surface area contributed by atoms with E-state index < -0.39 is 0 Å². The Kier molecular flexibility index (Phi) is 3.39. The summed E-state index contributed by atoms with van der Waals surface area (Å²) in [7, 11) is 4.16. The zero-order valence-corrected chi connectivity index (χ0v) is 11.1. The summed E-state index contributed by atoms with van der Waals surface area (Å²) < 4.78 is 0. The van der Waals surface area contributed by atoms with E-state index in [9.17, 15) is 0 Å². The lowest BCUT2D eigenvalue weighted by atomic mass is 9.76. The standard InChI is InChI=1S/C14H23Si/c1-3-7-14(15,8-4-2)13-10-11-5-6-12(13)9-11/h5-6,11-13H,3-4,7-10H2,1-2H3. The first-order chi connectivity index (χ1) is 7.19. The molecule has 15 heavy (non-hydrogen) atoms. The summed E-state index contributed by atoms with van der Waals surface area (Å²) in [6, 6.07) is 0. The van der Waals surface area contributed by atoms with Crippen LogP contribution in [0.2, 0.25) is 5.04 Å². The highest BCUT2D eigenvalue weighted by molar-refractivity contribution is 6.15. The summed E-state index contributed by atoms with van der Waals surface area (Å²) in [6.45, 7) is 4.63. The van der Waals surface area contributed by atoms with Crippen LogP contribution in [-0.4, -0.2) is 10.2 Å². The van der Waals surface area contributed by atoms with Gasteiger partial charge < -0.3 is 0 Å². The van der Waals surface area contributed by atoms with Gasteiger partial charge in [-0.05, 0) is 35.6 Å². The van der Waals surface area contributed by atoms with E-state index >= 15 is 0 Å². The summed E-state index contributed by atoms with van der Waals surface area (Å²) in [5.41, 5.74) is 0. The Balaban J connectivity index is 2.08. The van der Waals surface area contributed by atoms with E-state index in [4.69, 9.17) is 0 Å². The molecule has 0 nitrogen and oxygen atoms in total. The van der Waals surface area contributed by atoms with Crippen molar-refractivity contribution < 1.29 is 0 Å². The minimum atomic E-state index is 0.438. The first kappa shape index (κ1) is 11.4. The Labute approximate surface area is 98.0 Å². The number of fused-ring (bicyclic) bond motifs is 2. The van der Waals surface area contributed by atoms with Crippen LogP contribution in [0.15, 0.2) is 12.2 Å². The van der Waals surface area contributed by atoms with Gasteiger partial charge in [-0.15, -0.1) is 0 Å². The first-order valence-corrected chi connectivity index (χ1v) is 7.13. The van der Waals surface area contributed by atoms with Crippen LogP contribution in [-0.2, 0) is 0 Å². The summed E-state index contributed by atoms with van der Waals surface area (Å²) >= 11 is 0. The third kappa shape index (κ3) is 2.08. The molecule has 1 heteroatoms. The van der Waals surface area contributed by atoms with Crippen LogP contribution in [0.25, 0.3) is 0 Å². The van der Waals surface area contributed by atoms with Crippen molar-refractivity contribution >= 4 is 10.2 Å². The molecule has 0 heterocycles. The maximum atomic E-state index is 4.16. The fourth-order valence-corrected chi connectivity index (χ4v) is 4.64. The van der Waals surface area contributed by atoms with E-state index in [1.807, 2.05) is 0 Å². The van der Waals surface area contributed by atoms with Crippen LogP contribution in [0.3, 0.4) is 0 Å². The first-order valence-electron chi connectivity index (χ1n) is 6.63. The normalized spacial score (nSPS) is 33.9. The minimum Gasteiger partial charge on any atom is -0.0851 e. The molecule has 0 aromatic heterocycles. The lowest BCUT2D eigenvalue weighted by Crippen LogP contribution is -2.27. The number of rotatable bonds is 5. The van der Waals surface area contributed by atoms with Crippen molar-refractivity contribution in [3.63, 3.8) is 0 Å². The molecule has 0 amide bonds. The molecule has 3 unspecified atom stereocenters. The average Bonchev–Trinajstić information content (AvgIpc) is 2.79. The van der Waals surface area contributed by atoms with Crippen LogP contribution < -0.4 is 0 Å². The van der Waals surface area contributed by atoms with Gasteiger partial charge in [0.2, 0.25) is 0 Å². The van der Waals surface area contributed by atoms with Crippen molar-refractivity contribution in [2.45, 2.75) is 57.4 Å². The summed E-state index contributed by atoms with van der Waals surface area (Å²) in [6.07, 6.45) is 13.1. The van der Waals surface area contributed by atoms with Gasteiger partial charge >= 0.3 is 0 Å². The van der Waals surface area contributed by atoms with Crippen molar-refractivity contribution in [2.24, 2.45) is 17.8 Å². The molecule has 2 rings (SSSR count). The maximum absolute atomic E-state index is 4.16. The zero-order valence-electron chi connectivity index (χ0n) is 10.1. The Morgan fingerprint density at radius 2 is 1.80 bits per heavy atom. The van der Waals surface area contributed by atoms with E-state index in [2.05, 4.69) is 36.2 Å². The Bertz CT molecular complexity index is 238. The Morgan fingerprint density at radius 1 is 1.13 bits per heavy atom. The Hall–Kier alpha value is -0.0431. The van der Waals surface area contributed by atoms with Gasteiger partial charge in [-0.1, -0.05) is 51.7 Å². The van der Waals surface area contributed by atoms with Gasteiger partial charge in [0.15, 0.2) is 0 Å². The fraction of sp³-hybridized carbons (Fsp3) is 0.857. The highest BCUT2D eigenvalue weighted by Gasteiger charge is 2.44. The van der Waals surface area contributed by atoms with E-state index in [1.54, 1.807) is 0 Å². The number of allylic oxidation sites excluding steroid dienone is 2. The van der Waals surface area contributed by atoms with Crippen LogP contribution >= 0.6 is 0 Å². The zero-order chi connectivity index (χ0) is 10.9. The number of hydrogen-bond acceptors (Lipinski definition) is 0. The van der Waals surface area contributed by atoms with Crippen LogP contribution in [0.1, 0.15) is 52.4 Å². The lowest BCUT2D eigenvalue weighted by Gasteiger charge is -2.39. The van der Waals surface area contributed by atoms with Crippen molar-refractivity contribution in [3.8, 4) is 0 Å². The molecule has 3 atom stereocenters. The third-order valence-electron chi connectivity index (χ3n) is 4.38. The molecule has 1 fully saturated rings. The molecule has 0 spiro atoms. The van der Waals surface area contributed by atoms with Gasteiger partial charge in [0, 0.05) is 10.2 Å². The van der Waals surface area contributed by atoms with Crippen molar-refractivity contribution in [1.29, 1.82) is 0 Å². The second-order valence-corrected chi connectivity index (χ2v) is 6.54. The third-order valence-corrected chi connectivity index (χ3v) is 5.25. The van der Waals surface area contributed by atoms with Gasteiger partial charge in [0.25, 0.3) is 0 Å². The van der Waals surface area contributed by atoms with E-state index in [1.165, 1.54) is 38.5 Å². The Morgan fingerprint density at radius 3 is 2.20 bits per heavy atom. The molecular formula is C14H23Si. The molecule has 0 saturated heterocycles. The quantitative estimate of drug-likeness (QED) is 0.482. The summed E-state index contributed by atoms with van der Waals surface area (Å²) in [4.78, 5) is 0. The second kappa shape index (κ2) is 4.45. The SMILES string of the molecule is CCCC([Si])(CCC)C1CC2C=CC1C2. The summed E-state index contributed by atoms with van der Waals surface area (Å²) in [5.74, 6) is 2.69. The molecule has 3 radical (unpaired) electrons. The molecule has 0 N–H and O–H groups in total.